The largest absolute Gasteiger partial charge is 0.353 e. The van der Waals surface area contributed by atoms with Crippen molar-refractivity contribution < 1.29 is 14.4 Å². The van der Waals surface area contributed by atoms with Crippen LogP contribution < -0.4 is 10.6 Å². The lowest BCUT2D eigenvalue weighted by Crippen LogP contribution is -2.51. The second-order valence-corrected chi connectivity index (χ2v) is 5.67. The quantitative estimate of drug-likeness (QED) is 0.692. The van der Waals surface area contributed by atoms with Gasteiger partial charge in [0.25, 0.3) is 0 Å². The molecule has 20 heavy (non-hydrogen) atoms. The van der Waals surface area contributed by atoms with Gasteiger partial charge in [0.05, 0.1) is 18.5 Å². The van der Waals surface area contributed by atoms with Crippen molar-refractivity contribution in [1.82, 2.24) is 15.5 Å². The van der Waals surface area contributed by atoms with Gasteiger partial charge in [0.15, 0.2) is 0 Å². The lowest BCUT2D eigenvalue weighted by Gasteiger charge is -2.23. The first-order valence-corrected chi connectivity index (χ1v) is 7.20. The number of hydrogen-bond acceptors (Lipinski definition) is 4. The molecule has 1 saturated heterocycles. The van der Waals surface area contributed by atoms with Crippen LogP contribution in [-0.4, -0.2) is 46.8 Å². The SMILES string of the molecule is CCC(C)N1C(=O)CC(NC(C)C(=O)NC(C)C)C1=O. The summed E-state index contributed by atoms with van der Waals surface area (Å²) in [4.78, 5) is 37.2. The Balaban J connectivity index is 2.64. The smallest absolute Gasteiger partial charge is 0.247 e. The zero-order valence-corrected chi connectivity index (χ0v) is 12.9. The number of imide groups is 1. The fourth-order valence-corrected chi connectivity index (χ4v) is 2.21. The van der Waals surface area contributed by atoms with E-state index >= 15 is 0 Å². The maximum Gasteiger partial charge on any atom is 0.247 e. The van der Waals surface area contributed by atoms with Gasteiger partial charge < -0.3 is 5.32 Å². The number of carbonyl (C=O) groups is 3. The summed E-state index contributed by atoms with van der Waals surface area (Å²) in [5, 5.41) is 5.73. The van der Waals surface area contributed by atoms with E-state index in [1.807, 2.05) is 27.7 Å². The predicted octanol–water partition coefficient (Wildman–Crippen LogP) is 0.415. The molecule has 3 amide bonds. The van der Waals surface area contributed by atoms with Gasteiger partial charge >= 0.3 is 0 Å². The van der Waals surface area contributed by atoms with E-state index in [1.54, 1.807) is 6.92 Å². The second-order valence-electron chi connectivity index (χ2n) is 5.67. The highest BCUT2D eigenvalue weighted by Crippen LogP contribution is 2.18. The molecule has 0 aromatic rings. The Morgan fingerprint density at radius 2 is 1.90 bits per heavy atom. The Morgan fingerprint density at radius 3 is 2.40 bits per heavy atom. The third-order valence-corrected chi connectivity index (χ3v) is 3.49. The number of nitrogens with one attached hydrogen (secondary N) is 2. The lowest BCUT2D eigenvalue weighted by atomic mass is 10.2. The summed E-state index contributed by atoms with van der Waals surface area (Å²) < 4.78 is 0. The molecule has 1 aliphatic rings. The lowest BCUT2D eigenvalue weighted by molar-refractivity contribution is -0.141. The monoisotopic (exact) mass is 283 g/mol. The van der Waals surface area contributed by atoms with E-state index in [-0.39, 0.29) is 36.2 Å². The molecule has 6 nitrogen and oxygen atoms in total. The van der Waals surface area contributed by atoms with Crippen molar-refractivity contribution in [3.8, 4) is 0 Å². The molecule has 1 rings (SSSR count). The third-order valence-electron chi connectivity index (χ3n) is 3.49. The van der Waals surface area contributed by atoms with Crippen LogP contribution in [0.1, 0.15) is 47.5 Å². The highest BCUT2D eigenvalue weighted by molar-refractivity contribution is 6.06. The Kier molecular flexibility index (Phi) is 5.68. The van der Waals surface area contributed by atoms with Crippen LogP contribution >= 0.6 is 0 Å². The molecule has 0 bridgehead atoms. The number of rotatable bonds is 6. The first kappa shape index (κ1) is 16.6. The Morgan fingerprint density at radius 1 is 1.30 bits per heavy atom. The highest BCUT2D eigenvalue weighted by Gasteiger charge is 2.41. The van der Waals surface area contributed by atoms with Crippen LogP contribution in [0.3, 0.4) is 0 Å². The summed E-state index contributed by atoms with van der Waals surface area (Å²) in [6, 6.07) is -1.15. The van der Waals surface area contributed by atoms with E-state index in [0.29, 0.717) is 0 Å². The maximum atomic E-state index is 12.2. The fraction of sp³-hybridized carbons (Fsp3) is 0.786. The van der Waals surface area contributed by atoms with Crippen molar-refractivity contribution in [3.05, 3.63) is 0 Å². The van der Waals surface area contributed by atoms with E-state index in [2.05, 4.69) is 10.6 Å². The molecule has 1 fully saturated rings. The molecule has 0 aliphatic carbocycles. The van der Waals surface area contributed by atoms with Crippen LogP contribution in [0.5, 0.6) is 0 Å². The van der Waals surface area contributed by atoms with Gasteiger partial charge in [-0.1, -0.05) is 6.92 Å². The van der Waals surface area contributed by atoms with Crippen LogP contribution in [0.4, 0.5) is 0 Å². The van der Waals surface area contributed by atoms with Gasteiger partial charge in [-0.2, -0.15) is 0 Å². The Bertz CT molecular complexity index is 395. The first-order valence-electron chi connectivity index (χ1n) is 7.20. The van der Waals surface area contributed by atoms with Gasteiger partial charge in [-0.15, -0.1) is 0 Å². The predicted molar refractivity (Wildman–Crippen MR) is 75.9 cm³/mol. The van der Waals surface area contributed by atoms with E-state index in [4.69, 9.17) is 0 Å². The van der Waals surface area contributed by atoms with Gasteiger partial charge in [0.1, 0.15) is 0 Å². The fourth-order valence-electron chi connectivity index (χ4n) is 2.21. The summed E-state index contributed by atoms with van der Waals surface area (Å²) in [6.45, 7) is 9.23. The van der Waals surface area contributed by atoms with E-state index in [0.717, 1.165) is 6.42 Å². The van der Waals surface area contributed by atoms with Crippen molar-refractivity contribution >= 4 is 17.7 Å². The standard InChI is InChI=1S/C14H25N3O3/c1-6-9(4)17-12(18)7-11(14(17)20)16-10(5)13(19)15-8(2)3/h8-11,16H,6-7H2,1-5H3,(H,15,19). The molecule has 3 atom stereocenters. The normalized spacial score (nSPS) is 22.3. The zero-order valence-electron chi connectivity index (χ0n) is 12.9. The number of amides is 3. The van der Waals surface area contributed by atoms with Crippen molar-refractivity contribution in [2.24, 2.45) is 0 Å². The number of nitrogens with zero attached hydrogens (tertiary/aromatic N) is 1. The average Bonchev–Trinajstić information content (AvgIpc) is 2.62. The molecule has 1 aliphatic heterocycles. The van der Waals surface area contributed by atoms with E-state index in [9.17, 15) is 14.4 Å². The molecule has 0 aromatic carbocycles. The van der Waals surface area contributed by atoms with Crippen LogP contribution in [0.2, 0.25) is 0 Å². The minimum absolute atomic E-state index is 0.0456. The van der Waals surface area contributed by atoms with Crippen LogP contribution in [-0.2, 0) is 14.4 Å². The molecule has 0 radical (unpaired) electrons. The van der Waals surface area contributed by atoms with Gasteiger partial charge in [0, 0.05) is 12.1 Å². The average molecular weight is 283 g/mol. The third kappa shape index (κ3) is 3.79. The summed E-state index contributed by atoms with van der Waals surface area (Å²) in [5.74, 6) is -0.561. The number of hydrogen-bond donors (Lipinski definition) is 2. The topological polar surface area (TPSA) is 78.5 Å². The minimum Gasteiger partial charge on any atom is -0.353 e. The first-order chi connectivity index (χ1) is 9.27. The van der Waals surface area contributed by atoms with Gasteiger partial charge in [-0.3, -0.25) is 24.6 Å². The molecule has 1 heterocycles. The number of carbonyl (C=O) groups excluding carboxylic acids is 3. The minimum atomic E-state index is -0.593. The molecule has 0 saturated carbocycles. The summed E-state index contributed by atoms with van der Waals surface area (Å²) in [5.41, 5.74) is 0. The van der Waals surface area contributed by atoms with Crippen LogP contribution in [0.25, 0.3) is 0 Å². The Labute approximate surface area is 120 Å². The molecule has 0 spiro atoms. The van der Waals surface area contributed by atoms with Gasteiger partial charge in [-0.05, 0) is 34.1 Å². The van der Waals surface area contributed by atoms with E-state index in [1.165, 1.54) is 4.90 Å². The molecule has 3 unspecified atom stereocenters. The number of likely N-dealkylation sites (tertiary alicyclic amines) is 1. The molecule has 2 N–H and O–H groups in total. The van der Waals surface area contributed by atoms with Gasteiger partial charge in [0.2, 0.25) is 17.7 Å². The summed E-state index contributed by atoms with van der Waals surface area (Å²) in [7, 11) is 0. The van der Waals surface area contributed by atoms with Crippen molar-refractivity contribution in [2.45, 2.75) is 71.6 Å². The summed E-state index contributed by atoms with van der Waals surface area (Å²) in [6.07, 6.45) is 0.857. The van der Waals surface area contributed by atoms with Crippen LogP contribution in [0.15, 0.2) is 0 Å². The van der Waals surface area contributed by atoms with Crippen molar-refractivity contribution in [3.63, 3.8) is 0 Å². The molecule has 0 aromatic heterocycles. The molecule has 114 valence electrons. The Hall–Kier alpha value is -1.43. The highest BCUT2D eigenvalue weighted by atomic mass is 16.2. The second kappa shape index (κ2) is 6.83. The van der Waals surface area contributed by atoms with Gasteiger partial charge in [-0.25, -0.2) is 0 Å². The van der Waals surface area contributed by atoms with E-state index < -0.39 is 12.1 Å². The summed E-state index contributed by atoms with van der Waals surface area (Å²) >= 11 is 0. The zero-order chi connectivity index (χ0) is 15.4. The van der Waals surface area contributed by atoms with Crippen LogP contribution in [0, 0.1) is 0 Å². The van der Waals surface area contributed by atoms with Crippen molar-refractivity contribution in [1.29, 1.82) is 0 Å². The molecule has 6 heteroatoms. The molecular formula is C14H25N3O3. The van der Waals surface area contributed by atoms with Crippen molar-refractivity contribution in [2.75, 3.05) is 0 Å². The molecular weight excluding hydrogens is 258 g/mol. The maximum absolute atomic E-state index is 12.2.